The second-order valence-electron chi connectivity index (χ2n) is 7.78. The van der Waals surface area contributed by atoms with Crippen LogP contribution in [0.1, 0.15) is 34.6 Å². The van der Waals surface area contributed by atoms with Crippen molar-refractivity contribution in [1.82, 2.24) is 9.55 Å². The van der Waals surface area contributed by atoms with E-state index in [4.69, 9.17) is 9.31 Å². The Balaban J connectivity index is 1.88. The van der Waals surface area contributed by atoms with Crippen LogP contribution >= 0.6 is 0 Å². The molecule has 0 radical (unpaired) electrons. The molecule has 2 aromatic rings. The first kappa shape index (κ1) is 19.4. The minimum Gasteiger partial charge on any atom is -0.399 e. The first-order chi connectivity index (χ1) is 12.6. The van der Waals surface area contributed by atoms with Crippen molar-refractivity contribution in [2.75, 3.05) is 17.2 Å². The molecule has 144 valence electrons. The van der Waals surface area contributed by atoms with Gasteiger partial charge in [-0.05, 0) is 52.8 Å². The molecule has 0 unspecified atom stereocenters. The lowest BCUT2D eigenvalue weighted by Gasteiger charge is -2.32. The van der Waals surface area contributed by atoms with Crippen molar-refractivity contribution in [1.29, 1.82) is 0 Å². The van der Waals surface area contributed by atoms with Crippen molar-refractivity contribution in [3.8, 4) is 0 Å². The zero-order valence-electron chi connectivity index (χ0n) is 16.8. The average molecular weight is 370 g/mol. The highest BCUT2D eigenvalue weighted by molar-refractivity contribution is 6.62. The molecule has 0 spiro atoms. The van der Waals surface area contributed by atoms with Crippen molar-refractivity contribution in [2.24, 2.45) is 7.05 Å². The topological polar surface area (TPSA) is 77.4 Å². The fraction of sp³-hybridized carbons (Fsp3) is 0.474. The predicted molar refractivity (Wildman–Crippen MR) is 109 cm³/mol. The number of anilines is 3. The van der Waals surface area contributed by atoms with Gasteiger partial charge in [0.25, 0.3) is 5.56 Å². The Morgan fingerprint density at radius 3 is 2.41 bits per heavy atom. The summed E-state index contributed by atoms with van der Waals surface area (Å²) in [5, 5.41) is 6.30. The summed E-state index contributed by atoms with van der Waals surface area (Å²) in [6.07, 6.45) is 3.48. The van der Waals surface area contributed by atoms with Crippen LogP contribution < -0.4 is 21.7 Å². The molecule has 3 rings (SSSR count). The number of aromatic nitrogens is 2. The van der Waals surface area contributed by atoms with Gasteiger partial charge in [0.2, 0.25) is 0 Å². The fourth-order valence-electron chi connectivity index (χ4n) is 2.85. The largest absolute Gasteiger partial charge is 0.496 e. The summed E-state index contributed by atoms with van der Waals surface area (Å²) in [5.74, 6) is 0.597. The summed E-state index contributed by atoms with van der Waals surface area (Å²) in [6, 6.07) is 5.52. The zero-order valence-corrected chi connectivity index (χ0v) is 16.8. The van der Waals surface area contributed by atoms with Gasteiger partial charge in [-0.15, -0.1) is 0 Å². The summed E-state index contributed by atoms with van der Waals surface area (Å²) in [7, 11) is 1.18. The summed E-state index contributed by atoms with van der Waals surface area (Å²) in [6.45, 7) is 10.9. The third-order valence-electron chi connectivity index (χ3n) is 5.14. The Bertz CT molecular complexity index is 862. The monoisotopic (exact) mass is 370 g/mol. The molecule has 0 aromatic carbocycles. The highest BCUT2D eigenvalue weighted by Gasteiger charge is 2.51. The first-order valence-electron chi connectivity index (χ1n) is 9.16. The number of aryl methyl sites for hydroxylation is 1. The van der Waals surface area contributed by atoms with E-state index in [1.54, 1.807) is 25.5 Å². The number of nitrogens with zero attached hydrogens (tertiary/aromatic N) is 2. The van der Waals surface area contributed by atoms with Crippen molar-refractivity contribution < 1.29 is 9.31 Å². The molecule has 2 N–H and O–H groups in total. The maximum Gasteiger partial charge on any atom is 0.496 e. The lowest BCUT2D eigenvalue weighted by molar-refractivity contribution is 0.00578. The third-order valence-corrected chi connectivity index (χ3v) is 5.14. The highest BCUT2D eigenvalue weighted by Crippen LogP contribution is 2.36. The molecule has 3 heterocycles. The molecule has 1 saturated heterocycles. The molecular weight excluding hydrogens is 343 g/mol. The van der Waals surface area contributed by atoms with E-state index in [0.29, 0.717) is 11.5 Å². The Labute approximate surface area is 160 Å². The molecule has 0 amide bonds. The lowest BCUT2D eigenvalue weighted by Crippen LogP contribution is -2.41. The van der Waals surface area contributed by atoms with Gasteiger partial charge in [0.1, 0.15) is 11.5 Å². The Morgan fingerprint density at radius 2 is 1.85 bits per heavy atom. The van der Waals surface area contributed by atoms with Gasteiger partial charge in [0.15, 0.2) is 0 Å². The van der Waals surface area contributed by atoms with Crippen LogP contribution in [0, 0.1) is 0 Å². The van der Waals surface area contributed by atoms with E-state index < -0.39 is 18.3 Å². The number of rotatable bonds is 5. The Morgan fingerprint density at radius 1 is 1.19 bits per heavy atom. The maximum absolute atomic E-state index is 12.5. The molecule has 1 aliphatic rings. The number of nitrogens with one attached hydrogen (secondary N) is 2. The molecule has 2 aromatic heterocycles. The first-order valence-corrected chi connectivity index (χ1v) is 9.16. The predicted octanol–water partition coefficient (Wildman–Crippen LogP) is 2.25. The molecule has 1 fully saturated rings. The molecule has 0 atom stereocenters. The number of hydrogen-bond acceptors (Lipinski definition) is 6. The van der Waals surface area contributed by atoms with Crippen LogP contribution in [0.3, 0.4) is 0 Å². The molecule has 0 bridgehead atoms. The second kappa shape index (κ2) is 7.01. The van der Waals surface area contributed by atoms with Crippen LogP contribution in [0.15, 0.2) is 35.4 Å². The highest BCUT2D eigenvalue weighted by atomic mass is 16.7. The number of hydrogen-bond donors (Lipinski definition) is 2. The maximum atomic E-state index is 12.5. The molecule has 0 aliphatic carbocycles. The second-order valence-corrected chi connectivity index (χ2v) is 7.78. The minimum atomic E-state index is -0.536. The van der Waals surface area contributed by atoms with Gasteiger partial charge in [-0.2, -0.15) is 0 Å². The van der Waals surface area contributed by atoms with E-state index in [0.717, 1.165) is 17.7 Å². The summed E-state index contributed by atoms with van der Waals surface area (Å²) >= 11 is 0. The Kier molecular flexibility index (Phi) is 5.05. The molecule has 8 heteroatoms. The molecule has 27 heavy (non-hydrogen) atoms. The van der Waals surface area contributed by atoms with Crippen LogP contribution in [0.2, 0.25) is 0 Å². The van der Waals surface area contributed by atoms with Crippen LogP contribution in [0.4, 0.5) is 17.2 Å². The zero-order chi connectivity index (χ0) is 19.8. The van der Waals surface area contributed by atoms with E-state index in [-0.39, 0.29) is 5.56 Å². The molecule has 1 aliphatic heterocycles. The Hall–Kier alpha value is -2.32. The van der Waals surface area contributed by atoms with Gasteiger partial charge in [-0.3, -0.25) is 4.79 Å². The number of pyridine rings is 2. The van der Waals surface area contributed by atoms with Crippen molar-refractivity contribution in [3.63, 3.8) is 0 Å². The van der Waals surface area contributed by atoms with Gasteiger partial charge in [-0.1, -0.05) is 0 Å². The molecule has 0 saturated carbocycles. The van der Waals surface area contributed by atoms with E-state index in [2.05, 4.69) is 15.6 Å². The molecule has 7 nitrogen and oxygen atoms in total. The van der Waals surface area contributed by atoms with Crippen LogP contribution in [-0.2, 0) is 16.4 Å². The average Bonchev–Trinajstić information content (AvgIpc) is 2.81. The smallest absolute Gasteiger partial charge is 0.399 e. The summed E-state index contributed by atoms with van der Waals surface area (Å²) in [5.41, 5.74) is 1.11. The lowest BCUT2D eigenvalue weighted by atomic mass is 9.80. The van der Waals surface area contributed by atoms with E-state index in [1.165, 1.54) is 4.57 Å². The van der Waals surface area contributed by atoms with Crippen molar-refractivity contribution in [2.45, 2.75) is 45.8 Å². The van der Waals surface area contributed by atoms with Crippen LogP contribution in [0.5, 0.6) is 0 Å². The summed E-state index contributed by atoms with van der Waals surface area (Å²) < 4.78 is 13.7. The minimum absolute atomic E-state index is 0.146. The summed E-state index contributed by atoms with van der Waals surface area (Å²) in [4.78, 5) is 16.9. The van der Waals surface area contributed by atoms with Crippen molar-refractivity contribution in [3.05, 3.63) is 40.9 Å². The van der Waals surface area contributed by atoms with Gasteiger partial charge in [-0.25, -0.2) is 4.98 Å². The SMILES string of the molecule is CCNc1ccc(Nc2cc(B3OC(C)(C)C(C)(C)O3)cn(C)c2=O)nc1. The van der Waals surface area contributed by atoms with E-state index >= 15 is 0 Å². The molecular formula is C19H27BN4O3. The van der Waals surface area contributed by atoms with Crippen molar-refractivity contribution >= 4 is 29.8 Å². The quantitative estimate of drug-likeness (QED) is 0.787. The van der Waals surface area contributed by atoms with Gasteiger partial charge >= 0.3 is 7.12 Å². The fourth-order valence-corrected chi connectivity index (χ4v) is 2.85. The normalized spacial score (nSPS) is 17.8. The van der Waals surface area contributed by atoms with E-state index in [1.807, 2.05) is 46.8 Å². The standard InChI is InChI=1S/C19H27BN4O3/c1-7-21-14-8-9-16(22-11-14)23-15-10-13(12-24(6)17(15)25)20-26-18(2,3)19(4,5)27-20/h8-12,21H,7H2,1-6H3,(H,22,23). The third kappa shape index (κ3) is 3.86. The van der Waals surface area contributed by atoms with Gasteiger partial charge in [0, 0.05) is 25.3 Å². The van der Waals surface area contributed by atoms with Gasteiger partial charge in [0.05, 0.1) is 23.1 Å². The van der Waals surface area contributed by atoms with E-state index in [9.17, 15) is 4.79 Å². The van der Waals surface area contributed by atoms with Crippen LogP contribution in [0.25, 0.3) is 0 Å². The van der Waals surface area contributed by atoms with Crippen LogP contribution in [-0.4, -0.2) is 34.4 Å². The van der Waals surface area contributed by atoms with Gasteiger partial charge < -0.3 is 24.5 Å².